The molecule has 3 aromatic rings. The summed E-state index contributed by atoms with van der Waals surface area (Å²) in [7, 11) is 0. The lowest BCUT2D eigenvalue weighted by molar-refractivity contribution is -0.157. The van der Waals surface area contributed by atoms with Crippen molar-refractivity contribution in [3.63, 3.8) is 0 Å². The molecule has 1 amide bonds. The van der Waals surface area contributed by atoms with Crippen LogP contribution in [0.25, 0.3) is 10.9 Å². The summed E-state index contributed by atoms with van der Waals surface area (Å²) in [6, 6.07) is 16.0. The van der Waals surface area contributed by atoms with Crippen LogP contribution in [-0.2, 0) is 16.1 Å². The SMILES string of the molecule is O=C(C[C@]1(COc2ccc(Cl)cc2)CN(Cc2ccc3[nH]ccc3c2)CCO1)N1CCCCC1. The maximum absolute atomic E-state index is 13.3. The molecule has 34 heavy (non-hydrogen) atoms. The molecule has 2 saturated heterocycles. The average molecular weight is 482 g/mol. The number of hydrogen-bond donors (Lipinski definition) is 1. The number of ether oxygens (including phenoxy) is 2. The molecule has 1 atom stereocenters. The van der Waals surface area contributed by atoms with Crippen molar-refractivity contribution in [2.24, 2.45) is 0 Å². The number of piperidine rings is 1. The van der Waals surface area contributed by atoms with E-state index < -0.39 is 5.60 Å². The van der Waals surface area contributed by atoms with Gasteiger partial charge < -0.3 is 19.4 Å². The molecule has 2 aliphatic rings. The Balaban J connectivity index is 1.32. The lowest BCUT2D eigenvalue weighted by atomic mass is 9.95. The third-order valence-corrected chi connectivity index (χ3v) is 7.10. The molecule has 180 valence electrons. The van der Waals surface area contributed by atoms with Gasteiger partial charge in [0.15, 0.2) is 0 Å². The second-order valence-corrected chi connectivity index (χ2v) is 9.94. The second-order valence-electron chi connectivity index (χ2n) is 9.50. The molecule has 2 fully saturated rings. The van der Waals surface area contributed by atoms with Crippen LogP contribution in [0.2, 0.25) is 5.02 Å². The quantitative estimate of drug-likeness (QED) is 0.523. The number of benzene rings is 2. The standard InChI is InChI=1S/C27H32ClN3O3/c28-23-5-7-24(8-6-23)33-20-27(17-26(32)31-12-2-1-3-13-31)19-30(14-15-34-27)18-21-4-9-25-22(16-21)10-11-29-25/h4-11,16,29H,1-3,12-15,17-20H2/t27-/m1/s1. The molecule has 2 aliphatic heterocycles. The van der Waals surface area contributed by atoms with Gasteiger partial charge in [-0.1, -0.05) is 17.7 Å². The first kappa shape index (κ1) is 23.2. The lowest BCUT2D eigenvalue weighted by Crippen LogP contribution is -2.57. The first-order valence-electron chi connectivity index (χ1n) is 12.2. The number of carbonyl (C=O) groups is 1. The van der Waals surface area contributed by atoms with E-state index in [1.165, 1.54) is 17.4 Å². The number of hydrogen-bond acceptors (Lipinski definition) is 4. The van der Waals surface area contributed by atoms with Gasteiger partial charge in [0.2, 0.25) is 5.91 Å². The third kappa shape index (κ3) is 5.57. The minimum Gasteiger partial charge on any atom is -0.491 e. The highest BCUT2D eigenvalue weighted by molar-refractivity contribution is 6.30. The number of likely N-dealkylation sites (tertiary alicyclic amines) is 1. The summed E-state index contributed by atoms with van der Waals surface area (Å²) in [5.74, 6) is 0.892. The monoisotopic (exact) mass is 481 g/mol. The van der Waals surface area contributed by atoms with E-state index in [-0.39, 0.29) is 5.91 Å². The number of halogens is 1. The van der Waals surface area contributed by atoms with Crippen molar-refractivity contribution in [3.8, 4) is 5.75 Å². The van der Waals surface area contributed by atoms with Gasteiger partial charge in [-0.3, -0.25) is 9.69 Å². The molecule has 0 unspecified atom stereocenters. The minimum atomic E-state index is -0.690. The van der Waals surface area contributed by atoms with Gasteiger partial charge in [-0.25, -0.2) is 0 Å². The van der Waals surface area contributed by atoms with Gasteiger partial charge in [0, 0.05) is 49.5 Å². The highest BCUT2D eigenvalue weighted by Gasteiger charge is 2.41. The topological polar surface area (TPSA) is 57.8 Å². The number of morpholine rings is 1. The van der Waals surface area contributed by atoms with Gasteiger partial charge in [-0.05, 0) is 72.7 Å². The van der Waals surface area contributed by atoms with E-state index in [0.29, 0.717) is 31.2 Å². The van der Waals surface area contributed by atoms with Crippen LogP contribution in [0.1, 0.15) is 31.2 Å². The van der Waals surface area contributed by atoms with Gasteiger partial charge >= 0.3 is 0 Å². The molecule has 6 nitrogen and oxygen atoms in total. The molecule has 7 heteroatoms. The van der Waals surface area contributed by atoms with Gasteiger partial charge in [-0.2, -0.15) is 0 Å². The molecule has 2 aromatic carbocycles. The normalized spacial score (nSPS) is 21.6. The molecular weight excluding hydrogens is 450 g/mol. The number of nitrogens with zero attached hydrogens (tertiary/aromatic N) is 2. The van der Waals surface area contributed by atoms with Crippen molar-refractivity contribution in [2.75, 3.05) is 39.4 Å². The summed E-state index contributed by atoms with van der Waals surface area (Å²) in [4.78, 5) is 20.9. The molecule has 3 heterocycles. The molecule has 0 saturated carbocycles. The first-order chi connectivity index (χ1) is 16.6. The number of fused-ring (bicyclic) bond motifs is 1. The van der Waals surface area contributed by atoms with Crippen LogP contribution in [0.15, 0.2) is 54.7 Å². The summed E-state index contributed by atoms with van der Waals surface area (Å²) < 4.78 is 12.5. The summed E-state index contributed by atoms with van der Waals surface area (Å²) in [6.07, 6.45) is 5.65. The largest absolute Gasteiger partial charge is 0.491 e. The zero-order chi connectivity index (χ0) is 23.4. The Hall–Kier alpha value is -2.54. The third-order valence-electron chi connectivity index (χ3n) is 6.85. The fourth-order valence-electron chi connectivity index (χ4n) is 5.04. The fourth-order valence-corrected chi connectivity index (χ4v) is 5.17. The highest BCUT2D eigenvalue weighted by atomic mass is 35.5. The van der Waals surface area contributed by atoms with Crippen molar-refractivity contribution in [1.82, 2.24) is 14.8 Å². The van der Waals surface area contributed by atoms with E-state index in [4.69, 9.17) is 21.1 Å². The highest BCUT2D eigenvalue weighted by Crippen LogP contribution is 2.28. The van der Waals surface area contributed by atoms with Crippen LogP contribution in [0.3, 0.4) is 0 Å². The molecule has 0 radical (unpaired) electrons. The van der Waals surface area contributed by atoms with Gasteiger partial charge in [0.25, 0.3) is 0 Å². The van der Waals surface area contributed by atoms with Crippen LogP contribution in [0.5, 0.6) is 5.75 Å². The second kappa shape index (κ2) is 10.4. The van der Waals surface area contributed by atoms with Crippen LogP contribution in [-0.4, -0.2) is 65.7 Å². The predicted molar refractivity (Wildman–Crippen MR) is 134 cm³/mol. The van der Waals surface area contributed by atoms with Gasteiger partial charge in [0.1, 0.15) is 18.0 Å². The maximum Gasteiger partial charge on any atom is 0.225 e. The maximum atomic E-state index is 13.3. The Morgan fingerprint density at radius 2 is 1.88 bits per heavy atom. The van der Waals surface area contributed by atoms with Gasteiger partial charge in [-0.15, -0.1) is 0 Å². The molecular formula is C27H32ClN3O3. The Morgan fingerprint density at radius 1 is 1.06 bits per heavy atom. The van der Waals surface area contributed by atoms with E-state index in [0.717, 1.165) is 50.3 Å². The Labute approximate surface area is 205 Å². The van der Waals surface area contributed by atoms with Crippen molar-refractivity contribution >= 4 is 28.4 Å². The van der Waals surface area contributed by atoms with Crippen LogP contribution in [0, 0.1) is 0 Å². The minimum absolute atomic E-state index is 0.162. The number of aromatic nitrogens is 1. The molecule has 0 bridgehead atoms. The number of H-pyrrole nitrogens is 1. The fraction of sp³-hybridized carbons (Fsp3) is 0.444. The number of rotatable bonds is 7. The molecule has 1 aromatic heterocycles. The zero-order valence-electron chi connectivity index (χ0n) is 19.5. The molecule has 0 spiro atoms. The number of nitrogens with one attached hydrogen (secondary N) is 1. The summed E-state index contributed by atoms with van der Waals surface area (Å²) >= 11 is 6.03. The number of amides is 1. The summed E-state index contributed by atoms with van der Waals surface area (Å²) in [6.45, 7) is 4.86. The Morgan fingerprint density at radius 3 is 2.71 bits per heavy atom. The van der Waals surface area contributed by atoms with Crippen molar-refractivity contribution in [2.45, 2.75) is 37.8 Å². The van der Waals surface area contributed by atoms with Crippen LogP contribution >= 0.6 is 11.6 Å². The predicted octanol–water partition coefficient (Wildman–Crippen LogP) is 4.87. The van der Waals surface area contributed by atoms with E-state index in [9.17, 15) is 4.79 Å². The Kier molecular flexibility index (Phi) is 7.09. The first-order valence-corrected chi connectivity index (χ1v) is 12.5. The average Bonchev–Trinajstić information content (AvgIpc) is 3.32. The van der Waals surface area contributed by atoms with E-state index >= 15 is 0 Å². The smallest absolute Gasteiger partial charge is 0.225 e. The number of aromatic amines is 1. The number of carbonyl (C=O) groups excluding carboxylic acids is 1. The van der Waals surface area contributed by atoms with Crippen LogP contribution in [0.4, 0.5) is 0 Å². The van der Waals surface area contributed by atoms with E-state index in [1.54, 1.807) is 0 Å². The molecule has 0 aliphatic carbocycles. The molecule has 1 N–H and O–H groups in total. The summed E-state index contributed by atoms with van der Waals surface area (Å²) in [5.41, 5.74) is 1.71. The van der Waals surface area contributed by atoms with Gasteiger partial charge in [0.05, 0.1) is 13.0 Å². The van der Waals surface area contributed by atoms with Crippen molar-refractivity contribution in [3.05, 3.63) is 65.3 Å². The lowest BCUT2D eigenvalue weighted by Gasteiger charge is -2.43. The molecule has 5 rings (SSSR count). The van der Waals surface area contributed by atoms with E-state index in [1.807, 2.05) is 35.4 Å². The van der Waals surface area contributed by atoms with Crippen LogP contribution < -0.4 is 4.74 Å². The zero-order valence-corrected chi connectivity index (χ0v) is 20.2. The van der Waals surface area contributed by atoms with Crippen molar-refractivity contribution < 1.29 is 14.3 Å². The summed E-state index contributed by atoms with van der Waals surface area (Å²) in [5, 5.41) is 1.88. The van der Waals surface area contributed by atoms with E-state index in [2.05, 4.69) is 34.1 Å². The van der Waals surface area contributed by atoms with Crippen molar-refractivity contribution in [1.29, 1.82) is 0 Å². The Bertz CT molecular complexity index is 1110.